The molecule has 1 aromatic carbocycles. The van der Waals surface area contributed by atoms with Gasteiger partial charge < -0.3 is 18.9 Å². The van der Waals surface area contributed by atoms with Crippen LogP contribution in [0.1, 0.15) is 5.56 Å². The molecule has 0 fully saturated rings. The monoisotopic (exact) mass is 250 g/mol. The molecule has 0 saturated carbocycles. The van der Waals surface area contributed by atoms with Crippen molar-refractivity contribution in [2.24, 2.45) is 0 Å². The van der Waals surface area contributed by atoms with Crippen molar-refractivity contribution < 1.29 is 23.7 Å². The Bertz CT molecular complexity index is 479. The van der Waals surface area contributed by atoms with Gasteiger partial charge in [0, 0.05) is 0 Å². The number of ether oxygens (including phenoxy) is 4. The molecule has 0 N–H and O–H groups in total. The van der Waals surface area contributed by atoms with Crippen molar-refractivity contribution in [2.75, 3.05) is 27.9 Å². The summed E-state index contributed by atoms with van der Waals surface area (Å²) in [7, 11) is 4.59. The van der Waals surface area contributed by atoms with Crippen molar-refractivity contribution in [3.8, 4) is 17.2 Å². The van der Waals surface area contributed by atoms with Gasteiger partial charge in [-0.3, -0.25) is 0 Å². The first kappa shape index (κ1) is 12.3. The lowest BCUT2D eigenvalue weighted by Gasteiger charge is -2.13. The normalized spacial score (nSPS) is 13.9. The summed E-state index contributed by atoms with van der Waals surface area (Å²) in [5.41, 5.74) is 1.20. The summed E-state index contributed by atoms with van der Waals surface area (Å²) in [5.74, 6) is 1.17. The Morgan fingerprint density at radius 3 is 2.06 bits per heavy atom. The first-order valence-corrected chi connectivity index (χ1v) is 5.39. The third-order valence-electron chi connectivity index (χ3n) is 2.70. The largest absolute Gasteiger partial charge is 0.493 e. The highest BCUT2D eigenvalue weighted by atomic mass is 16.5. The van der Waals surface area contributed by atoms with E-state index in [4.69, 9.17) is 18.9 Å². The zero-order chi connectivity index (χ0) is 13.1. The highest BCUT2D eigenvalue weighted by molar-refractivity contribution is 6.18. The van der Waals surface area contributed by atoms with E-state index in [1.54, 1.807) is 18.2 Å². The van der Waals surface area contributed by atoms with E-state index in [-0.39, 0.29) is 5.97 Å². The molecule has 0 aromatic heterocycles. The Morgan fingerprint density at radius 2 is 1.67 bits per heavy atom. The molecular weight excluding hydrogens is 236 g/mol. The predicted molar refractivity (Wildman–Crippen MR) is 65.0 cm³/mol. The third kappa shape index (κ3) is 1.99. The topological polar surface area (TPSA) is 54.0 Å². The smallest absolute Gasteiger partial charge is 0.338 e. The maximum Gasteiger partial charge on any atom is 0.338 e. The number of carbonyl (C=O) groups excluding carboxylic acids is 1. The molecular formula is C13H14O5. The maximum atomic E-state index is 11.5. The van der Waals surface area contributed by atoms with Crippen LogP contribution in [0, 0.1) is 0 Å². The molecule has 0 spiro atoms. The Balaban J connectivity index is 2.53. The summed E-state index contributed by atoms with van der Waals surface area (Å²) >= 11 is 0. The second-order valence-electron chi connectivity index (χ2n) is 3.63. The molecule has 0 amide bonds. The number of cyclic esters (lactones) is 1. The van der Waals surface area contributed by atoms with E-state index in [1.807, 2.05) is 0 Å². The molecule has 0 atom stereocenters. The zero-order valence-electron chi connectivity index (χ0n) is 10.5. The van der Waals surface area contributed by atoms with Crippen LogP contribution in [0.15, 0.2) is 18.2 Å². The van der Waals surface area contributed by atoms with Crippen molar-refractivity contribution in [3.63, 3.8) is 0 Å². The molecule has 1 aliphatic rings. The van der Waals surface area contributed by atoms with Gasteiger partial charge in [0.2, 0.25) is 5.75 Å². The number of hydrogen-bond acceptors (Lipinski definition) is 5. The van der Waals surface area contributed by atoms with E-state index in [9.17, 15) is 4.79 Å². The Morgan fingerprint density at radius 1 is 1.06 bits per heavy atom. The first-order chi connectivity index (χ1) is 8.71. The van der Waals surface area contributed by atoms with Gasteiger partial charge in [-0.2, -0.15) is 0 Å². The molecule has 5 heteroatoms. The van der Waals surface area contributed by atoms with Gasteiger partial charge in [0.25, 0.3) is 0 Å². The fourth-order valence-electron chi connectivity index (χ4n) is 1.83. The molecule has 18 heavy (non-hydrogen) atoms. The molecule has 0 radical (unpaired) electrons. The Kier molecular flexibility index (Phi) is 3.41. The van der Waals surface area contributed by atoms with E-state index in [0.717, 1.165) is 0 Å². The number of rotatable bonds is 4. The van der Waals surface area contributed by atoms with Crippen LogP contribution < -0.4 is 14.2 Å². The van der Waals surface area contributed by atoms with Gasteiger partial charge in [0.05, 0.1) is 26.9 Å². The number of methoxy groups -OCH3 is 3. The van der Waals surface area contributed by atoms with Crippen LogP contribution in [0.3, 0.4) is 0 Å². The van der Waals surface area contributed by atoms with Gasteiger partial charge in [-0.25, -0.2) is 4.79 Å². The fourth-order valence-corrected chi connectivity index (χ4v) is 1.83. The molecule has 0 unspecified atom stereocenters. The second kappa shape index (κ2) is 5.00. The molecule has 1 aromatic rings. The van der Waals surface area contributed by atoms with Crippen molar-refractivity contribution in [1.29, 1.82) is 0 Å². The quantitative estimate of drug-likeness (QED) is 0.760. The SMILES string of the molecule is COc1cc(C2=CCOC2=O)cc(OC)c1OC. The van der Waals surface area contributed by atoms with Gasteiger partial charge in [0.15, 0.2) is 11.5 Å². The van der Waals surface area contributed by atoms with Crippen molar-refractivity contribution in [3.05, 3.63) is 23.8 Å². The summed E-state index contributed by atoms with van der Waals surface area (Å²) in [6.07, 6.45) is 1.73. The van der Waals surface area contributed by atoms with E-state index in [1.165, 1.54) is 21.3 Å². The van der Waals surface area contributed by atoms with Crippen molar-refractivity contribution >= 4 is 11.5 Å². The number of carbonyl (C=O) groups is 1. The highest BCUT2D eigenvalue weighted by Crippen LogP contribution is 2.40. The van der Waals surface area contributed by atoms with Crippen LogP contribution in [0.25, 0.3) is 5.57 Å². The lowest BCUT2D eigenvalue weighted by atomic mass is 10.1. The summed E-state index contributed by atoms with van der Waals surface area (Å²) in [4.78, 5) is 11.5. The number of esters is 1. The first-order valence-electron chi connectivity index (χ1n) is 5.39. The van der Waals surface area contributed by atoms with E-state index >= 15 is 0 Å². The van der Waals surface area contributed by atoms with E-state index < -0.39 is 0 Å². The average Bonchev–Trinajstić information content (AvgIpc) is 2.83. The van der Waals surface area contributed by atoms with Crippen LogP contribution in [0.4, 0.5) is 0 Å². The fraction of sp³-hybridized carbons (Fsp3) is 0.308. The molecule has 96 valence electrons. The molecule has 0 bridgehead atoms. The molecule has 2 rings (SSSR count). The van der Waals surface area contributed by atoms with Gasteiger partial charge in [-0.05, 0) is 23.8 Å². The van der Waals surface area contributed by atoms with Gasteiger partial charge in [0.1, 0.15) is 6.61 Å². The van der Waals surface area contributed by atoms with Crippen molar-refractivity contribution in [2.45, 2.75) is 0 Å². The van der Waals surface area contributed by atoms with Crippen LogP contribution in [0.5, 0.6) is 17.2 Å². The zero-order valence-corrected chi connectivity index (χ0v) is 10.5. The number of benzene rings is 1. The summed E-state index contributed by atoms with van der Waals surface area (Å²) in [6, 6.07) is 3.44. The molecule has 1 aliphatic heterocycles. The van der Waals surface area contributed by atoms with Gasteiger partial charge >= 0.3 is 5.97 Å². The number of hydrogen-bond donors (Lipinski definition) is 0. The van der Waals surface area contributed by atoms with Crippen LogP contribution >= 0.6 is 0 Å². The second-order valence-corrected chi connectivity index (χ2v) is 3.63. The molecule has 0 aliphatic carbocycles. The van der Waals surface area contributed by atoms with Crippen molar-refractivity contribution in [1.82, 2.24) is 0 Å². The molecule has 5 nitrogen and oxygen atoms in total. The average molecular weight is 250 g/mol. The van der Waals surface area contributed by atoms with Gasteiger partial charge in [-0.15, -0.1) is 0 Å². The van der Waals surface area contributed by atoms with E-state index in [0.29, 0.717) is 35.0 Å². The van der Waals surface area contributed by atoms with Crippen LogP contribution in [-0.2, 0) is 9.53 Å². The minimum absolute atomic E-state index is 0.296. The van der Waals surface area contributed by atoms with E-state index in [2.05, 4.69) is 0 Å². The maximum absolute atomic E-state index is 11.5. The minimum Gasteiger partial charge on any atom is -0.493 e. The Labute approximate surface area is 105 Å². The van der Waals surface area contributed by atoms with Crippen LogP contribution in [0.2, 0.25) is 0 Å². The standard InChI is InChI=1S/C13H14O5/c1-15-10-6-8(9-4-5-18-13(9)14)7-11(16-2)12(10)17-3/h4,6-7H,5H2,1-3H3. The van der Waals surface area contributed by atoms with Crippen LogP contribution in [-0.4, -0.2) is 33.9 Å². The summed E-state index contributed by atoms with van der Waals surface area (Å²) in [6.45, 7) is 0.296. The molecule has 1 heterocycles. The molecule has 0 saturated heterocycles. The Hall–Kier alpha value is -2.17. The summed E-state index contributed by atoms with van der Waals surface area (Å²) < 4.78 is 20.6. The summed E-state index contributed by atoms with van der Waals surface area (Å²) in [5, 5.41) is 0. The van der Waals surface area contributed by atoms with Gasteiger partial charge in [-0.1, -0.05) is 0 Å². The highest BCUT2D eigenvalue weighted by Gasteiger charge is 2.22. The minimum atomic E-state index is -0.343. The lowest BCUT2D eigenvalue weighted by molar-refractivity contribution is -0.133. The lowest BCUT2D eigenvalue weighted by Crippen LogP contribution is -2.01. The third-order valence-corrected chi connectivity index (χ3v) is 2.70. The predicted octanol–water partition coefficient (Wildman–Crippen LogP) is 1.65.